The first-order chi connectivity index (χ1) is 14.4. The first-order valence-corrected chi connectivity index (χ1v) is 9.79. The number of nitrogens with two attached hydrogens (primary N) is 1. The molecule has 3 N–H and O–H groups in total. The Hall–Kier alpha value is -3.37. The zero-order valence-corrected chi connectivity index (χ0v) is 16.8. The van der Waals surface area contributed by atoms with Crippen LogP contribution < -0.4 is 11.1 Å². The average molecular weight is 422 g/mol. The van der Waals surface area contributed by atoms with Crippen LogP contribution in [0.4, 0.5) is 21.6 Å². The molecule has 1 saturated heterocycles. The first kappa shape index (κ1) is 18.6. The van der Waals surface area contributed by atoms with E-state index in [0.717, 1.165) is 6.42 Å². The van der Waals surface area contributed by atoms with Crippen molar-refractivity contribution < 1.29 is 9.18 Å². The number of nitrogens with zero attached hydrogens (tertiary/aromatic N) is 3. The lowest BCUT2D eigenvalue weighted by Crippen LogP contribution is -2.24. The monoisotopic (exact) mass is 421 g/mol. The Bertz CT molecular complexity index is 1280. The highest BCUT2D eigenvalue weighted by atomic mass is 35.5. The number of amides is 1. The third-order valence-electron chi connectivity index (χ3n) is 5.73. The van der Waals surface area contributed by atoms with Gasteiger partial charge in [-0.15, -0.1) is 0 Å². The van der Waals surface area contributed by atoms with Crippen LogP contribution in [0, 0.1) is 29.0 Å². The van der Waals surface area contributed by atoms with Crippen LogP contribution in [0.15, 0.2) is 36.7 Å². The van der Waals surface area contributed by atoms with E-state index in [-0.39, 0.29) is 28.0 Å². The van der Waals surface area contributed by atoms with Crippen LogP contribution in [-0.4, -0.2) is 34.4 Å². The molecule has 2 aliphatic rings. The zero-order chi connectivity index (χ0) is 21.0. The number of fused-ring (bicyclic) bond motifs is 2. The zero-order valence-electron chi connectivity index (χ0n) is 16.0. The molecule has 1 aliphatic carbocycles. The number of rotatable bonds is 2. The van der Waals surface area contributed by atoms with Crippen LogP contribution in [0.1, 0.15) is 12.0 Å². The summed E-state index contributed by atoms with van der Waals surface area (Å²) in [5, 5.41) is 3.61. The average Bonchev–Trinajstić information content (AvgIpc) is 3.37. The van der Waals surface area contributed by atoms with Gasteiger partial charge in [-0.3, -0.25) is 4.79 Å². The molecule has 0 radical (unpaired) electrons. The molecule has 0 bridgehead atoms. The summed E-state index contributed by atoms with van der Waals surface area (Å²) in [6.07, 6.45) is 2.19. The van der Waals surface area contributed by atoms with E-state index >= 15 is 0 Å². The van der Waals surface area contributed by atoms with E-state index < -0.39 is 5.82 Å². The Kier molecular flexibility index (Phi) is 4.09. The topological polar surface area (TPSA) is 84.1 Å². The van der Waals surface area contributed by atoms with E-state index in [1.54, 1.807) is 36.2 Å². The number of piperidine rings is 1. The van der Waals surface area contributed by atoms with Crippen molar-refractivity contribution in [3.63, 3.8) is 0 Å². The standard InChI is InChI=1S/C22H17ClFN5O/c1-29-10-22(9-14(22)21(29)30)6-5-12-7-18-13(8-16(12)25)20(27-11-26-18)28-17-4-2-3-15(23)19(17)24/h2-4,7-8,11,14H,9-10,25H2,1H3,(H,26,27,28)/t14-,22+/m1/s1. The number of aromatic nitrogens is 2. The number of carbonyl (C=O) groups excluding carboxylic acids is 1. The minimum absolute atomic E-state index is 0.00222. The third kappa shape index (κ3) is 2.92. The molecule has 1 aliphatic heterocycles. The van der Waals surface area contributed by atoms with Crippen molar-refractivity contribution in [3.8, 4) is 11.8 Å². The molecule has 2 fully saturated rings. The molecule has 0 unspecified atom stereocenters. The summed E-state index contributed by atoms with van der Waals surface area (Å²) >= 11 is 5.86. The summed E-state index contributed by atoms with van der Waals surface area (Å²) in [5.74, 6) is 6.43. The van der Waals surface area contributed by atoms with Crippen molar-refractivity contribution in [1.29, 1.82) is 0 Å². The van der Waals surface area contributed by atoms with Gasteiger partial charge < -0.3 is 16.0 Å². The molecule has 3 aromatic rings. The summed E-state index contributed by atoms with van der Waals surface area (Å²) < 4.78 is 14.3. The quantitative estimate of drug-likeness (QED) is 0.488. The van der Waals surface area contributed by atoms with Crippen LogP contribution in [0.5, 0.6) is 0 Å². The van der Waals surface area contributed by atoms with Crippen LogP contribution >= 0.6 is 11.6 Å². The lowest BCUT2D eigenvalue weighted by atomic mass is 10.0. The van der Waals surface area contributed by atoms with Crippen LogP contribution in [0.3, 0.4) is 0 Å². The molecule has 0 spiro atoms. The lowest BCUT2D eigenvalue weighted by Gasteiger charge is -2.12. The number of benzene rings is 2. The number of nitrogens with one attached hydrogen (secondary N) is 1. The molecule has 5 rings (SSSR count). The fraction of sp³-hybridized carbons (Fsp3) is 0.227. The van der Waals surface area contributed by atoms with Gasteiger partial charge in [-0.05, 0) is 30.7 Å². The van der Waals surface area contributed by atoms with Crippen molar-refractivity contribution in [2.75, 3.05) is 24.6 Å². The molecule has 2 aromatic carbocycles. The molecular weight excluding hydrogens is 405 g/mol. The van der Waals surface area contributed by atoms with E-state index in [4.69, 9.17) is 17.3 Å². The van der Waals surface area contributed by atoms with Gasteiger partial charge in [0.05, 0.1) is 27.6 Å². The van der Waals surface area contributed by atoms with Gasteiger partial charge in [0.15, 0.2) is 5.82 Å². The second-order valence-corrected chi connectivity index (χ2v) is 8.17. The maximum absolute atomic E-state index is 14.3. The highest BCUT2D eigenvalue weighted by Crippen LogP contribution is 2.57. The Morgan fingerprint density at radius 2 is 2.20 bits per heavy atom. The molecule has 2 atom stereocenters. The largest absolute Gasteiger partial charge is 0.398 e. The maximum atomic E-state index is 14.3. The summed E-state index contributed by atoms with van der Waals surface area (Å²) in [4.78, 5) is 22.3. The number of hydrogen-bond donors (Lipinski definition) is 2. The normalized spacial score (nSPS) is 21.9. The van der Waals surface area contributed by atoms with Gasteiger partial charge in [0.2, 0.25) is 5.91 Å². The van der Waals surface area contributed by atoms with E-state index in [2.05, 4.69) is 27.1 Å². The molecular formula is C22H17ClFN5O. The highest BCUT2D eigenvalue weighted by molar-refractivity contribution is 6.31. The van der Waals surface area contributed by atoms with Gasteiger partial charge in [0, 0.05) is 30.2 Å². The third-order valence-corrected chi connectivity index (χ3v) is 6.02. The van der Waals surface area contributed by atoms with Crippen LogP contribution in [-0.2, 0) is 4.79 Å². The minimum atomic E-state index is -0.560. The van der Waals surface area contributed by atoms with E-state index in [1.807, 2.05) is 0 Å². The fourth-order valence-electron chi connectivity index (χ4n) is 4.00. The number of hydrogen-bond acceptors (Lipinski definition) is 5. The van der Waals surface area contributed by atoms with E-state index in [1.165, 1.54) is 12.4 Å². The Morgan fingerprint density at radius 1 is 1.37 bits per heavy atom. The number of likely N-dealkylation sites (tertiary alicyclic amines) is 1. The second-order valence-electron chi connectivity index (χ2n) is 7.76. The van der Waals surface area contributed by atoms with Crippen LogP contribution in [0.25, 0.3) is 10.9 Å². The number of anilines is 3. The van der Waals surface area contributed by atoms with Gasteiger partial charge in [-0.25, -0.2) is 14.4 Å². The van der Waals surface area contributed by atoms with Crippen molar-refractivity contribution >= 4 is 45.6 Å². The number of halogens is 2. The predicted molar refractivity (Wildman–Crippen MR) is 114 cm³/mol. The predicted octanol–water partition coefficient (Wildman–Crippen LogP) is 3.58. The Morgan fingerprint density at radius 3 is 2.97 bits per heavy atom. The van der Waals surface area contributed by atoms with Crippen molar-refractivity contribution in [3.05, 3.63) is 53.1 Å². The molecule has 150 valence electrons. The first-order valence-electron chi connectivity index (χ1n) is 9.41. The van der Waals surface area contributed by atoms with E-state index in [0.29, 0.717) is 34.5 Å². The second kappa shape index (κ2) is 6.57. The lowest BCUT2D eigenvalue weighted by molar-refractivity contribution is -0.128. The van der Waals surface area contributed by atoms with Gasteiger partial charge >= 0.3 is 0 Å². The summed E-state index contributed by atoms with van der Waals surface area (Å²) in [7, 11) is 1.80. The molecule has 1 saturated carbocycles. The fourth-order valence-corrected chi connectivity index (χ4v) is 4.17. The van der Waals surface area contributed by atoms with Gasteiger partial charge in [-0.1, -0.05) is 29.5 Å². The summed E-state index contributed by atoms with van der Waals surface area (Å²) in [5.41, 5.74) is 7.92. The molecule has 1 amide bonds. The minimum Gasteiger partial charge on any atom is -0.398 e. The van der Waals surface area contributed by atoms with Gasteiger partial charge in [-0.2, -0.15) is 0 Å². The molecule has 2 heterocycles. The van der Waals surface area contributed by atoms with Gasteiger partial charge in [0.1, 0.15) is 12.1 Å². The highest BCUT2D eigenvalue weighted by Gasteiger charge is 2.64. The molecule has 6 nitrogen and oxygen atoms in total. The van der Waals surface area contributed by atoms with Crippen molar-refractivity contribution in [2.24, 2.45) is 11.3 Å². The molecule has 8 heteroatoms. The Balaban J connectivity index is 1.50. The van der Waals surface area contributed by atoms with Crippen LogP contribution in [0.2, 0.25) is 5.02 Å². The SMILES string of the molecule is CN1C[C@]2(C#Cc3cc4ncnc(Nc5cccc(Cl)c5F)c4cc3N)C[C@@H]2C1=O. The van der Waals surface area contributed by atoms with Crippen molar-refractivity contribution in [1.82, 2.24) is 14.9 Å². The van der Waals surface area contributed by atoms with Crippen molar-refractivity contribution in [2.45, 2.75) is 6.42 Å². The molecule has 30 heavy (non-hydrogen) atoms. The summed E-state index contributed by atoms with van der Waals surface area (Å²) in [6.45, 7) is 0.651. The van der Waals surface area contributed by atoms with Gasteiger partial charge in [0.25, 0.3) is 0 Å². The number of nitrogen functional groups attached to an aromatic ring is 1. The smallest absolute Gasteiger partial charge is 0.227 e. The maximum Gasteiger partial charge on any atom is 0.227 e. The Labute approximate surface area is 177 Å². The summed E-state index contributed by atoms with van der Waals surface area (Å²) in [6, 6.07) is 8.20. The molecule has 1 aromatic heterocycles. The number of carbonyl (C=O) groups is 1. The van der Waals surface area contributed by atoms with E-state index in [9.17, 15) is 9.18 Å².